The third kappa shape index (κ3) is 1.88. The maximum absolute atomic E-state index is 13.0. The van der Waals surface area contributed by atoms with Crippen LogP contribution in [0.2, 0.25) is 0 Å². The molecule has 4 unspecified atom stereocenters. The van der Waals surface area contributed by atoms with Crippen molar-refractivity contribution in [2.45, 2.75) is 82.6 Å². The molecule has 8 atom stereocenters. The lowest BCUT2D eigenvalue weighted by molar-refractivity contribution is -0.206. The topological polar surface area (TPSA) is 65.1 Å². The highest BCUT2D eigenvalue weighted by molar-refractivity contribution is 7.96. The number of allylic oxidation sites excluding steroid dienone is 2. The van der Waals surface area contributed by atoms with Crippen molar-refractivity contribution < 1.29 is 23.8 Å². The summed E-state index contributed by atoms with van der Waals surface area (Å²) in [7, 11) is 0. The lowest BCUT2D eigenvalue weighted by atomic mass is 9.47. The second kappa shape index (κ2) is 5.09. The maximum Gasteiger partial charge on any atom is 0.221 e. The average molecular weight is 417 g/mol. The predicted molar refractivity (Wildman–Crippen MR) is 108 cm³/mol. The molecule has 0 aromatic rings. The fourth-order valence-corrected chi connectivity index (χ4v) is 8.56. The molecule has 2 saturated heterocycles. The molecule has 0 N–H and O–H groups in total. The standard InChI is InChI=1S/C23H28O5S/c1-19(2)26-16-10-15-14-6-5-12-9-13(24)7-8-20(12,3)22(14)17(27-22)11-21(15,4)23(16,28-19)18(25)29/h7-9,14-17H,5-6,10-11H2,1-4H3,(H,25,29)/t14?,15?,16-,17-,20?,21?,22-,23+/m1/s1. The summed E-state index contributed by atoms with van der Waals surface area (Å²) < 4.78 is 19.2. The van der Waals surface area contributed by atoms with Crippen LogP contribution in [0.25, 0.3) is 0 Å². The van der Waals surface area contributed by atoms with E-state index in [-0.39, 0.29) is 45.5 Å². The van der Waals surface area contributed by atoms with Gasteiger partial charge in [0.15, 0.2) is 17.2 Å². The summed E-state index contributed by atoms with van der Waals surface area (Å²) in [5.41, 5.74) is -0.761. The van der Waals surface area contributed by atoms with Crippen molar-refractivity contribution >= 4 is 23.5 Å². The van der Waals surface area contributed by atoms with E-state index in [0.29, 0.717) is 5.92 Å². The minimum Gasteiger partial charge on any atom is -0.364 e. The predicted octanol–water partition coefficient (Wildman–Crippen LogP) is 3.38. The lowest BCUT2D eigenvalue weighted by Gasteiger charge is -2.55. The van der Waals surface area contributed by atoms with Gasteiger partial charge in [-0.15, -0.1) is 12.6 Å². The molecular formula is C23H28O5S. The number of epoxide rings is 1. The number of ether oxygens (including phenoxy) is 3. The van der Waals surface area contributed by atoms with Gasteiger partial charge in [0.1, 0.15) is 5.60 Å². The Morgan fingerprint density at radius 2 is 1.90 bits per heavy atom. The van der Waals surface area contributed by atoms with Gasteiger partial charge in [-0.25, -0.2) is 0 Å². The van der Waals surface area contributed by atoms with Crippen molar-refractivity contribution in [1.82, 2.24) is 0 Å². The zero-order valence-corrected chi connectivity index (χ0v) is 18.3. The molecule has 6 rings (SSSR count). The quantitative estimate of drug-likeness (QED) is 0.524. The van der Waals surface area contributed by atoms with E-state index in [4.69, 9.17) is 14.2 Å². The molecule has 0 aromatic heterocycles. The summed E-state index contributed by atoms with van der Waals surface area (Å²) in [4.78, 5) is 25.0. The zero-order valence-electron chi connectivity index (χ0n) is 17.4. The van der Waals surface area contributed by atoms with Gasteiger partial charge in [0.2, 0.25) is 5.12 Å². The van der Waals surface area contributed by atoms with Crippen LogP contribution in [0.4, 0.5) is 0 Å². The largest absolute Gasteiger partial charge is 0.364 e. The third-order valence-corrected chi connectivity index (χ3v) is 9.58. The van der Waals surface area contributed by atoms with E-state index in [2.05, 4.69) is 32.6 Å². The SMILES string of the molecule is CC1(C)O[C@@H]2CC3C4CCC5=CC(=O)C=CC5(C)[C@@]45O[C@@H]5CC3(C)[C@]2(C(=O)S)O1. The van der Waals surface area contributed by atoms with Crippen LogP contribution in [-0.2, 0) is 23.8 Å². The summed E-state index contributed by atoms with van der Waals surface area (Å²) in [6.07, 6.45) is 8.75. The normalized spacial score (nSPS) is 55.9. The van der Waals surface area contributed by atoms with Gasteiger partial charge in [-0.05, 0) is 70.4 Å². The first-order chi connectivity index (χ1) is 13.5. The van der Waals surface area contributed by atoms with Gasteiger partial charge >= 0.3 is 0 Å². The smallest absolute Gasteiger partial charge is 0.221 e. The molecule has 2 aliphatic heterocycles. The molecule has 6 heteroatoms. The molecule has 5 fully saturated rings. The summed E-state index contributed by atoms with van der Waals surface area (Å²) in [5, 5.41) is -0.225. The number of ketones is 1. The van der Waals surface area contributed by atoms with E-state index in [1.54, 1.807) is 6.08 Å². The first kappa shape index (κ1) is 18.8. The summed E-state index contributed by atoms with van der Waals surface area (Å²) in [6, 6.07) is 0. The van der Waals surface area contributed by atoms with Crippen molar-refractivity contribution in [3.05, 3.63) is 23.8 Å². The molecule has 0 amide bonds. The van der Waals surface area contributed by atoms with Crippen molar-refractivity contribution in [2.75, 3.05) is 0 Å². The highest BCUT2D eigenvalue weighted by atomic mass is 32.1. The zero-order chi connectivity index (χ0) is 20.6. The number of hydrogen-bond donors (Lipinski definition) is 1. The van der Waals surface area contributed by atoms with Crippen molar-refractivity contribution in [1.29, 1.82) is 0 Å². The van der Waals surface area contributed by atoms with Gasteiger partial charge < -0.3 is 14.2 Å². The van der Waals surface area contributed by atoms with Crippen LogP contribution in [0.1, 0.15) is 53.4 Å². The van der Waals surface area contributed by atoms with Crippen LogP contribution in [-0.4, -0.2) is 40.1 Å². The molecule has 156 valence electrons. The minimum absolute atomic E-state index is 0.0518. The van der Waals surface area contributed by atoms with Crippen LogP contribution >= 0.6 is 12.6 Å². The van der Waals surface area contributed by atoms with Crippen LogP contribution in [0, 0.1) is 22.7 Å². The maximum atomic E-state index is 13.0. The summed E-state index contributed by atoms with van der Waals surface area (Å²) in [5.74, 6) is -0.166. The van der Waals surface area contributed by atoms with E-state index in [1.807, 2.05) is 19.9 Å². The molecule has 0 bridgehead atoms. The number of thiol groups is 1. The fraction of sp³-hybridized carbons (Fsp3) is 0.739. The van der Waals surface area contributed by atoms with Crippen molar-refractivity contribution in [3.63, 3.8) is 0 Å². The Morgan fingerprint density at radius 1 is 1.14 bits per heavy atom. The van der Waals surface area contributed by atoms with E-state index < -0.39 is 11.4 Å². The molecule has 1 spiro atoms. The van der Waals surface area contributed by atoms with Crippen LogP contribution in [0.3, 0.4) is 0 Å². The van der Waals surface area contributed by atoms with E-state index in [9.17, 15) is 9.59 Å². The molecule has 0 radical (unpaired) electrons. The van der Waals surface area contributed by atoms with Crippen LogP contribution < -0.4 is 0 Å². The van der Waals surface area contributed by atoms with Gasteiger partial charge in [-0.2, -0.15) is 0 Å². The second-order valence-electron chi connectivity index (χ2n) is 10.8. The molecule has 0 aromatic carbocycles. The minimum atomic E-state index is -1.03. The van der Waals surface area contributed by atoms with Crippen molar-refractivity contribution in [3.8, 4) is 0 Å². The van der Waals surface area contributed by atoms with E-state index >= 15 is 0 Å². The molecule has 2 heterocycles. The van der Waals surface area contributed by atoms with Crippen LogP contribution in [0.15, 0.2) is 23.8 Å². The fourth-order valence-electron chi connectivity index (χ4n) is 8.12. The average Bonchev–Trinajstić information content (AvgIpc) is 3.19. The molecule has 5 nitrogen and oxygen atoms in total. The Morgan fingerprint density at radius 3 is 2.62 bits per heavy atom. The molecular weight excluding hydrogens is 388 g/mol. The number of carbonyl (C=O) groups is 2. The van der Waals surface area contributed by atoms with Gasteiger partial charge in [-0.3, -0.25) is 9.59 Å². The van der Waals surface area contributed by atoms with E-state index in [1.165, 1.54) is 5.57 Å². The second-order valence-corrected chi connectivity index (χ2v) is 11.2. The molecule has 6 aliphatic rings. The lowest BCUT2D eigenvalue weighted by Crippen LogP contribution is -2.62. The Labute approximate surface area is 176 Å². The van der Waals surface area contributed by atoms with Gasteiger partial charge in [0, 0.05) is 10.8 Å². The monoisotopic (exact) mass is 416 g/mol. The summed E-state index contributed by atoms with van der Waals surface area (Å²) >= 11 is 4.33. The number of rotatable bonds is 1. The number of fused-ring (bicyclic) bond motifs is 5. The summed E-state index contributed by atoms with van der Waals surface area (Å²) in [6.45, 7) is 8.18. The Kier molecular flexibility index (Phi) is 3.30. The third-order valence-electron chi connectivity index (χ3n) is 9.24. The first-order valence-corrected chi connectivity index (χ1v) is 11.2. The first-order valence-electron chi connectivity index (χ1n) is 10.7. The Hall–Kier alpha value is -0.950. The van der Waals surface area contributed by atoms with Gasteiger partial charge in [-0.1, -0.05) is 18.6 Å². The number of carbonyl (C=O) groups excluding carboxylic acids is 2. The highest BCUT2D eigenvalue weighted by Crippen LogP contribution is 2.77. The van der Waals surface area contributed by atoms with Crippen LogP contribution in [0.5, 0.6) is 0 Å². The Bertz CT molecular complexity index is 922. The Balaban J connectivity index is 1.46. The van der Waals surface area contributed by atoms with Gasteiger partial charge in [0.25, 0.3) is 0 Å². The van der Waals surface area contributed by atoms with E-state index in [0.717, 1.165) is 25.7 Å². The molecule has 4 aliphatic carbocycles. The van der Waals surface area contributed by atoms with Crippen molar-refractivity contribution in [2.24, 2.45) is 22.7 Å². The molecule has 29 heavy (non-hydrogen) atoms. The highest BCUT2D eigenvalue weighted by Gasteiger charge is 2.84. The molecule has 3 saturated carbocycles. The van der Waals surface area contributed by atoms with Gasteiger partial charge in [0.05, 0.1) is 12.2 Å². The number of hydrogen-bond acceptors (Lipinski definition) is 5.